The zero-order chi connectivity index (χ0) is 16.8. The fourth-order valence-electron chi connectivity index (χ4n) is 2.04. The Kier molecular flexibility index (Phi) is 5.15. The van der Waals surface area contributed by atoms with Crippen molar-refractivity contribution in [3.63, 3.8) is 0 Å². The third-order valence-corrected chi connectivity index (χ3v) is 3.26. The maximum atomic E-state index is 12.1. The van der Waals surface area contributed by atoms with Gasteiger partial charge in [0.15, 0.2) is 5.78 Å². The summed E-state index contributed by atoms with van der Waals surface area (Å²) in [7, 11) is 3.38. The molecule has 118 valence electrons. The number of hydrogen-bond donors (Lipinski definition) is 1. The Morgan fingerprint density at radius 3 is 2.43 bits per heavy atom. The molecule has 0 atom stereocenters. The minimum absolute atomic E-state index is 0.112. The minimum Gasteiger partial charge on any atom is -0.497 e. The van der Waals surface area contributed by atoms with E-state index in [1.807, 2.05) is 13.2 Å². The van der Waals surface area contributed by atoms with E-state index in [0.717, 1.165) is 17.3 Å². The van der Waals surface area contributed by atoms with Crippen LogP contribution in [0.4, 0.5) is 0 Å². The van der Waals surface area contributed by atoms with Gasteiger partial charge >= 0.3 is 5.97 Å². The van der Waals surface area contributed by atoms with E-state index in [1.54, 1.807) is 48.1 Å². The fourth-order valence-corrected chi connectivity index (χ4v) is 2.04. The van der Waals surface area contributed by atoms with Gasteiger partial charge in [-0.25, -0.2) is 4.79 Å². The van der Waals surface area contributed by atoms with Gasteiger partial charge in [0.1, 0.15) is 5.75 Å². The van der Waals surface area contributed by atoms with Crippen molar-refractivity contribution in [3.8, 4) is 5.75 Å². The second-order valence-corrected chi connectivity index (χ2v) is 4.91. The van der Waals surface area contributed by atoms with E-state index >= 15 is 0 Å². The number of nitrogens with zero attached hydrogens (tertiary/aromatic N) is 1. The second-order valence-electron chi connectivity index (χ2n) is 4.91. The zero-order valence-corrected chi connectivity index (χ0v) is 12.9. The van der Waals surface area contributed by atoms with Crippen molar-refractivity contribution >= 4 is 23.9 Å². The summed E-state index contributed by atoms with van der Waals surface area (Å²) in [4.78, 5) is 22.6. The van der Waals surface area contributed by atoms with Crippen LogP contribution >= 0.6 is 0 Å². The normalized spacial score (nSPS) is 11.2. The van der Waals surface area contributed by atoms with Gasteiger partial charge in [-0.2, -0.15) is 0 Å². The molecule has 0 unspecified atom stereocenters. The van der Waals surface area contributed by atoms with Crippen LogP contribution in [0.25, 0.3) is 12.2 Å². The quantitative estimate of drug-likeness (QED) is 0.657. The van der Waals surface area contributed by atoms with Crippen molar-refractivity contribution in [2.24, 2.45) is 7.05 Å². The molecular weight excluding hydrogens is 294 g/mol. The van der Waals surface area contributed by atoms with Crippen LogP contribution in [0.3, 0.4) is 0 Å². The summed E-state index contributed by atoms with van der Waals surface area (Å²) in [5, 5.41) is 8.65. The van der Waals surface area contributed by atoms with Crippen molar-refractivity contribution < 1.29 is 19.4 Å². The van der Waals surface area contributed by atoms with Crippen LogP contribution in [0.2, 0.25) is 0 Å². The van der Waals surface area contributed by atoms with Gasteiger partial charge in [-0.3, -0.25) is 4.79 Å². The van der Waals surface area contributed by atoms with E-state index in [4.69, 9.17) is 9.84 Å². The molecule has 2 rings (SSSR count). The molecule has 0 spiro atoms. The predicted molar refractivity (Wildman–Crippen MR) is 88.4 cm³/mol. The summed E-state index contributed by atoms with van der Waals surface area (Å²) < 4.78 is 6.84. The molecule has 0 fully saturated rings. The number of benzene rings is 1. The highest BCUT2D eigenvalue weighted by atomic mass is 16.5. The lowest BCUT2D eigenvalue weighted by atomic mass is 10.1. The van der Waals surface area contributed by atoms with Crippen LogP contribution in [0.5, 0.6) is 5.75 Å². The summed E-state index contributed by atoms with van der Waals surface area (Å²) in [5.41, 5.74) is 2.13. The second kappa shape index (κ2) is 7.26. The van der Waals surface area contributed by atoms with Crippen LogP contribution < -0.4 is 4.74 Å². The topological polar surface area (TPSA) is 68.5 Å². The molecule has 0 aliphatic carbocycles. The molecule has 5 heteroatoms. The Morgan fingerprint density at radius 1 is 1.13 bits per heavy atom. The lowest BCUT2D eigenvalue weighted by molar-refractivity contribution is -0.131. The zero-order valence-electron chi connectivity index (χ0n) is 12.9. The number of aryl methyl sites for hydroxylation is 1. The summed E-state index contributed by atoms with van der Waals surface area (Å²) in [6.07, 6.45) is 7.59. The highest BCUT2D eigenvalue weighted by molar-refractivity contribution is 6.06. The largest absolute Gasteiger partial charge is 0.497 e. The number of allylic oxidation sites excluding steroid dienone is 1. The first-order valence-electron chi connectivity index (χ1n) is 6.93. The molecule has 0 radical (unpaired) electrons. The number of carboxylic acids is 1. The van der Waals surface area contributed by atoms with E-state index in [-0.39, 0.29) is 5.78 Å². The molecule has 5 nitrogen and oxygen atoms in total. The highest BCUT2D eigenvalue weighted by Crippen LogP contribution is 2.14. The molecule has 0 aliphatic rings. The van der Waals surface area contributed by atoms with Crippen LogP contribution in [-0.4, -0.2) is 28.5 Å². The van der Waals surface area contributed by atoms with E-state index in [2.05, 4.69) is 0 Å². The lowest BCUT2D eigenvalue weighted by Crippen LogP contribution is -1.93. The number of hydrogen-bond acceptors (Lipinski definition) is 3. The van der Waals surface area contributed by atoms with Crippen molar-refractivity contribution in [1.29, 1.82) is 0 Å². The van der Waals surface area contributed by atoms with E-state index in [0.29, 0.717) is 11.3 Å². The Morgan fingerprint density at radius 2 is 1.83 bits per heavy atom. The van der Waals surface area contributed by atoms with E-state index < -0.39 is 5.97 Å². The molecule has 1 aromatic carbocycles. The minimum atomic E-state index is -1.00. The smallest absolute Gasteiger partial charge is 0.328 e. The summed E-state index contributed by atoms with van der Waals surface area (Å²) in [6.45, 7) is 0. The Labute approximate surface area is 134 Å². The SMILES string of the molecule is COc1ccc(C(=O)/C=C/c2cc(/C=C/C(=O)O)n(C)c2)cc1. The molecule has 1 N–H and O–H groups in total. The third kappa shape index (κ3) is 4.44. The van der Waals surface area contributed by atoms with Crippen molar-refractivity contribution in [2.45, 2.75) is 0 Å². The standard InChI is InChI=1S/C18H17NO4/c1-19-12-13(11-15(19)6-10-18(21)22)3-9-17(20)14-4-7-16(23-2)8-5-14/h3-12H,1-2H3,(H,21,22)/b9-3+,10-6+. The summed E-state index contributed by atoms with van der Waals surface area (Å²) in [5.74, 6) is -0.416. The molecule has 1 heterocycles. The van der Waals surface area contributed by atoms with Crippen molar-refractivity contribution in [1.82, 2.24) is 4.57 Å². The third-order valence-electron chi connectivity index (χ3n) is 3.26. The average Bonchev–Trinajstić information content (AvgIpc) is 2.90. The first-order chi connectivity index (χ1) is 11.0. The van der Waals surface area contributed by atoms with Gasteiger partial charge in [-0.1, -0.05) is 0 Å². The lowest BCUT2D eigenvalue weighted by Gasteiger charge is -1.99. The number of ketones is 1. The van der Waals surface area contributed by atoms with Crippen LogP contribution in [0, 0.1) is 0 Å². The van der Waals surface area contributed by atoms with E-state index in [9.17, 15) is 9.59 Å². The van der Waals surface area contributed by atoms with Gasteiger partial charge in [0.05, 0.1) is 7.11 Å². The van der Waals surface area contributed by atoms with Gasteiger partial charge in [-0.05, 0) is 54.1 Å². The van der Waals surface area contributed by atoms with Crippen molar-refractivity contribution in [3.05, 3.63) is 65.5 Å². The molecule has 0 saturated carbocycles. The summed E-state index contributed by atoms with van der Waals surface area (Å²) >= 11 is 0. The van der Waals surface area contributed by atoms with Crippen molar-refractivity contribution in [2.75, 3.05) is 7.11 Å². The maximum Gasteiger partial charge on any atom is 0.328 e. The maximum absolute atomic E-state index is 12.1. The molecule has 0 bridgehead atoms. The number of carboxylic acid groups (broad SMARTS) is 1. The average molecular weight is 311 g/mol. The molecule has 0 aliphatic heterocycles. The molecule has 2 aromatic rings. The van der Waals surface area contributed by atoms with Crippen LogP contribution in [0.1, 0.15) is 21.6 Å². The number of carbonyl (C=O) groups excluding carboxylic acids is 1. The van der Waals surface area contributed by atoms with Gasteiger partial charge in [-0.15, -0.1) is 0 Å². The number of methoxy groups -OCH3 is 1. The number of carbonyl (C=O) groups is 2. The molecule has 0 amide bonds. The highest BCUT2D eigenvalue weighted by Gasteiger charge is 2.03. The fraction of sp³-hybridized carbons (Fsp3) is 0.111. The monoisotopic (exact) mass is 311 g/mol. The van der Waals surface area contributed by atoms with Crippen LogP contribution in [0.15, 0.2) is 48.7 Å². The van der Waals surface area contributed by atoms with Gasteiger partial charge in [0.25, 0.3) is 0 Å². The summed E-state index contributed by atoms with van der Waals surface area (Å²) in [6, 6.07) is 8.68. The molecular formula is C18H17NO4. The van der Waals surface area contributed by atoms with Gasteiger partial charge in [0, 0.05) is 30.6 Å². The molecule has 1 aromatic heterocycles. The number of rotatable bonds is 6. The first-order valence-corrected chi connectivity index (χ1v) is 6.93. The van der Waals surface area contributed by atoms with Crippen LogP contribution in [-0.2, 0) is 11.8 Å². The van der Waals surface area contributed by atoms with E-state index in [1.165, 1.54) is 12.2 Å². The first kappa shape index (κ1) is 16.3. The van der Waals surface area contributed by atoms with Gasteiger partial charge in [0.2, 0.25) is 0 Å². The van der Waals surface area contributed by atoms with Gasteiger partial charge < -0.3 is 14.4 Å². The Bertz CT molecular complexity index is 767. The Hall–Kier alpha value is -3.08. The number of aromatic nitrogens is 1. The molecule has 23 heavy (non-hydrogen) atoms. The Balaban J connectivity index is 2.11. The number of ether oxygens (including phenoxy) is 1. The number of aliphatic carboxylic acids is 1. The molecule has 0 saturated heterocycles. The predicted octanol–water partition coefficient (Wildman–Crippen LogP) is 3.03.